The number of carboxylic acids is 1. The van der Waals surface area contributed by atoms with Crippen LogP contribution in [0.15, 0.2) is 48.8 Å². The summed E-state index contributed by atoms with van der Waals surface area (Å²) in [6.45, 7) is 3.66. The van der Waals surface area contributed by atoms with Gasteiger partial charge in [0.2, 0.25) is 5.91 Å². The first kappa shape index (κ1) is 23.3. The van der Waals surface area contributed by atoms with Crippen molar-refractivity contribution in [1.82, 2.24) is 24.4 Å². The number of amides is 1. The maximum absolute atomic E-state index is 12.1. The molecule has 2 aliphatic rings. The monoisotopic (exact) mass is 459 g/mol. The smallest absolute Gasteiger partial charge is 0.543 e. The predicted molar refractivity (Wildman–Crippen MR) is 124 cm³/mol. The Morgan fingerprint density at radius 1 is 1.06 bits per heavy atom. The average Bonchev–Trinajstić information content (AvgIpc) is 3.63. The van der Waals surface area contributed by atoms with Crippen molar-refractivity contribution in [2.24, 2.45) is 0 Å². The van der Waals surface area contributed by atoms with Gasteiger partial charge in [-0.05, 0) is 36.4 Å². The Balaban J connectivity index is 0.00000253. The number of rotatable bonds is 4. The van der Waals surface area contributed by atoms with Gasteiger partial charge in [-0.1, -0.05) is 18.2 Å². The van der Waals surface area contributed by atoms with Gasteiger partial charge >= 0.3 is 18.9 Å². The standard InChI is InChI=1S/C26H23N5O3.Li/c1-15(32)30-9-10-31-23(14-30)24(29-25(31)16-5-6-16)19-4-2-3-17-11-22(28-13-20(17)19)18-7-8-21(26(33)34)27-12-18;/h2-4,7-8,11-13,16H,5-6,9-10,14H2,1H3,(H,33,34);/q;+1/p-1. The molecule has 0 saturated heterocycles. The van der Waals surface area contributed by atoms with Gasteiger partial charge in [0.05, 0.1) is 35.3 Å². The second-order valence-electron chi connectivity index (χ2n) is 8.95. The molecule has 1 aromatic carbocycles. The van der Waals surface area contributed by atoms with Crippen molar-refractivity contribution in [2.75, 3.05) is 6.54 Å². The maximum atomic E-state index is 12.1. The first-order chi connectivity index (χ1) is 16.5. The molecule has 4 aromatic rings. The third kappa shape index (κ3) is 4.13. The van der Waals surface area contributed by atoms with E-state index in [1.54, 1.807) is 13.0 Å². The van der Waals surface area contributed by atoms with E-state index in [0.717, 1.165) is 58.5 Å². The quantitative estimate of drug-likeness (QED) is 0.391. The molecule has 1 fully saturated rings. The minimum absolute atomic E-state index is 0. The fraction of sp³-hybridized carbons (Fsp3) is 0.269. The Labute approximate surface area is 214 Å². The van der Waals surface area contributed by atoms with E-state index < -0.39 is 5.97 Å². The van der Waals surface area contributed by atoms with Gasteiger partial charge in [-0.15, -0.1) is 0 Å². The molecule has 9 heteroatoms. The molecule has 6 rings (SSSR count). The van der Waals surface area contributed by atoms with Crippen LogP contribution in [0.25, 0.3) is 33.3 Å². The Bertz CT molecular complexity index is 1460. The molecular formula is C26H22LiN5O3. The van der Waals surface area contributed by atoms with Crippen molar-refractivity contribution in [3.63, 3.8) is 0 Å². The molecule has 0 atom stereocenters. The Morgan fingerprint density at radius 3 is 2.57 bits per heavy atom. The van der Waals surface area contributed by atoms with E-state index >= 15 is 0 Å². The third-order valence-corrected chi connectivity index (χ3v) is 6.71. The molecular weight excluding hydrogens is 437 g/mol. The zero-order valence-corrected chi connectivity index (χ0v) is 19.7. The molecule has 4 heterocycles. The van der Waals surface area contributed by atoms with E-state index in [4.69, 9.17) is 4.98 Å². The van der Waals surface area contributed by atoms with Crippen LogP contribution in [0.1, 0.15) is 47.7 Å². The number of imidazole rings is 1. The summed E-state index contributed by atoms with van der Waals surface area (Å²) in [7, 11) is 0. The van der Waals surface area contributed by atoms with Gasteiger partial charge in [0.25, 0.3) is 0 Å². The number of nitrogens with zero attached hydrogens (tertiary/aromatic N) is 5. The van der Waals surface area contributed by atoms with Crippen LogP contribution < -0.4 is 24.0 Å². The normalized spacial score (nSPS) is 14.9. The number of carbonyl (C=O) groups excluding carboxylic acids is 2. The average molecular weight is 459 g/mol. The molecule has 0 spiro atoms. The van der Waals surface area contributed by atoms with Crippen LogP contribution in [0.4, 0.5) is 0 Å². The molecule has 170 valence electrons. The van der Waals surface area contributed by atoms with Gasteiger partial charge in [-0.3, -0.25) is 14.8 Å². The number of aromatic nitrogens is 4. The number of pyridine rings is 2. The third-order valence-electron chi connectivity index (χ3n) is 6.71. The van der Waals surface area contributed by atoms with Crippen LogP contribution >= 0.6 is 0 Å². The number of fused-ring (bicyclic) bond motifs is 2. The van der Waals surface area contributed by atoms with E-state index in [-0.39, 0.29) is 30.5 Å². The SMILES string of the molecule is CC(=O)N1CCn2c(C3CC3)nc(-c3cccc4cc(-c5ccc(C(=O)[O-])nc5)ncc34)c2C1.[Li+]. The Morgan fingerprint density at radius 2 is 1.89 bits per heavy atom. The molecule has 0 radical (unpaired) electrons. The second-order valence-corrected chi connectivity index (χ2v) is 8.95. The topological polar surface area (TPSA) is 104 Å². The summed E-state index contributed by atoms with van der Waals surface area (Å²) >= 11 is 0. The van der Waals surface area contributed by atoms with E-state index in [9.17, 15) is 14.7 Å². The maximum Gasteiger partial charge on any atom is 1.00 e. The number of carboxylic acid groups (broad SMARTS) is 1. The van der Waals surface area contributed by atoms with Crippen LogP contribution in [0, 0.1) is 0 Å². The van der Waals surface area contributed by atoms with Crippen molar-refractivity contribution >= 4 is 22.6 Å². The van der Waals surface area contributed by atoms with E-state index in [1.807, 2.05) is 29.3 Å². The molecule has 1 amide bonds. The van der Waals surface area contributed by atoms with Crippen LogP contribution in [0.5, 0.6) is 0 Å². The first-order valence-corrected chi connectivity index (χ1v) is 11.4. The summed E-state index contributed by atoms with van der Waals surface area (Å²) < 4.78 is 2.32. The number of hydrogen-bond donors (Lipinski definition) is 0. The van der Waals surface area contributed by atoms with Crippen LogP contribution in [-0.2, 0) is 17.9 Å². The van der Waals surface area contributed by atoms with Gasteiger partial charge in [-0.25, -0.2) is 4.98 Å². The zero-order valence-electron chi connectivity index (χ0n) is 19.7. The fourth-order valence-corrected chi connectivity index (χ4v) is 4.74. The first-order valence-electron chi connectivity index (χ1n) is 11.4. The van der Waals surface area contributed by atoms with E-state index in [0.29, 0.717) is 24.7 Å². The van der Waals surface area contributed by atoms with Crippen molar-refractivity contribution in [3.8, 4) is 22.5 Å². The molecule has 1 saturated carbocycles. The van der Waals surface area contributed by atoms with Crippen molar-refractivity contribution in [2.45, 2.75) is 38.8 Å². The summed E-state index contributed by atoms with van der Waals surface area (Å²) in [5.74, 6) is 0.412. The van der Waals surface area contributed by atoms with Crippen molar-refractivity contribution in [3.05, 3.63) is 66.0 Å². The van der Waals surface area contributed by atoms with E-state index in [1.165, 1.54) is 12.3 Å². The molecule has 0 N–H and O–H groups in total. The second kappa shape index (κ2) is 8.95. The van der Waals surface area contributed by atoms with Gasteiger partial charge in [-0.2, -0.15) is 0 Å². The zero-order chi connectivity index (χ0) is 23.4. The van der Waals surface area contributed by atoms with Crippen LogP contribution in [-0.4, -0.2) is 42.8 Å². The molecule has 3 aromatic heterocycles. The predicted octanol–water partition coefficient (Wildman–Crippen LogP) is -0.233. The minimum atomic E-state index is -1.31. The number of hydrogen-bond acceptors (Lipinski definition) is 6. The van der Waals surface area contributed by atoms with Crippen LogP contribution in [0.3, 0.4) is 0 Å². The van der Waals surface area contributed by atoms with Crippen molar-refractivity contribution in [1.29, 1.82) is 0 Å². The minimum Gasteiger partial charge on any atom is -0.543 e. The number of carbonyl (C=O) groups is 2. The van der Waals surface area contributed by atoms with Gasteiger partial charge < -0.3 is 19.4 Å². The van der Waals surface area contributed by atoms with Crippen molar-refractivity contribution < 1.29 is 33.6 Å². The number of aromatic carboxylic acids is 1. The van der Waals surface area contributed by atoms with Crippen LogP contribution in [0.2, 0.25) is 0 Å². The van der Waals surface area contributed by atoms with Gasteiger partial charge in [0.15, 0.2) is 0 Å². The van der Waals surface area contributed by atoms with E-state index in [2.05, 4.69) is 20.6 Å². The molecule has 35 heavy (non-hydrogen) atoms. The fourth-order valence-electron chi connectivity index (χ4n) is 4.74. The van der Waals surface area contributed by atoms with Gasteiger partial charge in [0, 0.05) is 54.8 Å². The molecule has 8 nitrogen and oxygen atoms in total. The largest absolute Gasteiger partial charge is 1.00 e. The summed E-state index contributed by atoms with van der Waals surface area (Å²) in [5.41, 5.74) is 4.33. The Hall–Kier alpha value is -3.47. The summed E-state index contributed by atoms with van der Waals surface area (Å²) in [4.78, 5) is 38.7. The summed E-state index contributed by atoms with van der Waals surface area (Å²) in [5, 5.41) is 13.0. The molecule has 0 unspecified atom stereocenters. The number of benzene rings is 1. The summed E-state index contributed by atoms with van der Waals surface area (Å²) in [6, 6.07) is 11.2. The Kier molecular flexibility index (Phi) is 5.95. The molecule has 1 aliphatic heterocycles. The van der Waals surface area contributed by atoms with Gasteiger partial charge in [0.1, 0.15) is 5.82 Å². The molecule has 0 bridgehead atoms. The molecule has 1 aliphatic carbocycles. The summed E-state index contributed by atoms with van der Waals surface area (Å²) in [6.07, 6.45) is 5.66.